The summed E-state index contributed by atoms with van der Waals surface area (Å²) in [6, 6.07) is -0.946. The molecule has 3 saturated carbocycles. The maximum atomic E-state index is 13.7. The SMILES string of the molecule is [2H]C1=C2C([2H])([2H])C[C@H]3[C@@H]4CC([2H])([2H])C(=O)[C@@]4(C)C([2H])([2H])C(=O)[C@]3([2H])[C@@]2(C)CC([2H])([2H])C1=O. The van der Waals surface area contributed by atoms with Crippen LogP contribution in [0.3, 0.4) is 0 Å². The van der Waals surface area contributed by atoms with Crippen molar-refractivity contribution in [1.29, 1.82) is 0 Å². The molecule has 0 spiro atoms. The summed E-state index contributed by atoms with van der Waals surface area (Å²) in [4.78, 5) is 39.2. The second-order valence-electron chi connectivity index (χ2n) is 6.89. The molecule has 118 valence electrons. The monoisotopic (exact) mass is 310 g/mol. The van der Waals surface area contributed by atoms with Gasteiger partial charge in [-0.25, -0.2) is 0 Å². The summed E-state index contributed by atoms with van der Waals surface area (Å²) in [6.07, 6.45) is -12.4. The molecule has 4 aliphatic carbocycles. The van der Waals surface area contributed by atoms with E-state index in [4.69, 9.17) is 12.3 Å². The van der Waals surface area contributed by atoms with Crippen LogP contribution in [-0.4, -0.2) is 17.3 Å². The molecule has 0 unspecified atom stereocenters. The number of hydrogen-bond acceptors (Lipinski definition) is 3. The summed E-state index contributed by atoms with van der Waals surface area (Å²) in [7, 11) is 0. The Balaban J connectivity index is 2.07. The standard InChI is InChI=1S/C19H24O3/c1-18-8-7-12(20)9-11(18)3-4-13-14-5-6-16(22)19(14,2)10-15(21)17(13)18/h9,13-14,17H,3-8,10H2,1-2H3/t13-,14-,17+,18-,19-/m0/s1/i3D2,6D2,7D2,9D,10D2,17D. The lowest BCUT2D eigenvalue weighted by molar-refractivity contribution is -0.149. The Morgan fingerprint density at radius 3 is 2.73 bits per heavy atom. The fourth-order valence-electron chi connectivity index (χ4n) is 4.35. The summed E-state index contributed by atoms with van der Waals surface area (Å²) < 4.78 is 84.4. The van der Waals surface area contributed by atoms with Crippen LogP contribution in [-0.2, 0) is 14.4 Å². The molecule has 3 nitrogen and oxygen atoms in total. The lowest BCUT2D eigenvalue weighted by Crippen LogP contribution is -2.55. The van der Waals surface area contributed by atoms with E-state index in [1.165, 1.54) is 6.92 Å². The van der Waals surface area contributed by atoms with Gasteiger partial charge in [-0.2, -0.15) is 0 Å². The van der Waals surface area contributed by atoms with E-state index in [0.29, 0.717) is 0 Å². The van der Waals surface area contributed by atoms with Crippen LogP contribution in [0.15, 0.2) is 11.6 Å². The second kappa shape index (κ2) is 4.39. The van der Waals surface area contributed by atoms with Crippen molar-refractivity contribution in [3.05, 3.63) is 11.6 Å². The number of Topliss-reactive ketones (excluding diaryl/α,β-unsaturated/α-hetero) is 2. The molecule has 0 aliphatic heterocycles. The molecule has 5 atom stereocenters. The van der Waals surface area contributed by atoms with Crippen molar-refractivity contribution in [1.82, 2.24) is 0 Å². The van der Waals surface area contributed by atoms with Crippen LogP contribution >= 0.6 is 0 Å². The van der Waals surface area contributed by atoms with Gasteiger partial charge in [-0.1, -0.05) is 19.4 Å². The van der Waals surface area contributed by atoms with Crippen molar-refractivity contribution in [2.75, 3.05) is 0 Å². The number of carbonyl (C=O) groups excluding carboxylic acids is 3. The first-order valence-corrected chi connectivity index (χ1v) is 7.50. The van der Waals surface area contributed by atoms with Gasteiger partial charge in [0.2, 0.25) is 0 Å². The average molecular weight is 310 g/mol. The molecule has 3 heteroatoms. The minimum absolute atomic E-state index is 0.489. The van der Waals surface area contributed by atoms with Crippen molar-refractivity contribution in [3.8, 4) is 0 Å². The van der Waals surface area contributed by atoms with Gasteiger partial charge in [0.25, 0.3) is 0 Å². The van der Waals surface area contributed by atoms with Gasteiger partial charge in [0.05, 0.1) is 1.37 Å². The normalized spacial score (nSPS) is 67.3. The molecule has 0 aromatic carbocycles. The van der Waals surface area contributed by atoms with Crippen molar-refractivity contribution >= 4 is 17.3 Å². The molecule has 0 bridgehead atoms. The first-order valence-electron chi connectivity index (χ1n) is 12.5. The van der Waals surface area contributed by atoms with Crippen LogP contribution < -0.4 is 0 Å². The van der Waals surface area contributed by atoms with Crippen molar-refractivity contribution in [3.63, 3.8) is 0 Å². The van der Waals surface area contributed by atoms with Gasteiger partial charge in [-0.3, -0.25) is 14.4 Å². The molecule has 0 aromatic rings. The minimum atomic E-state index is -2.98. The molecule has 0 saturated heterocycles. The number of carbonyl (C=O) groups is 3. The average Bonchev–Trinajstić information content (AvgIpc) is 2.82. The topological polar surface area (TPSA) is 51.2 Å². The Hall–Kier alpha value is -1.25. The predicted octanol–water partition coefficient (Wildman–Crippen LogP) is 3.27. The Morgan fingerprint density at radius 2 is 1.95 bits per heavy atom. The maximum absolute atomic E-state index is 13.7. The van der Waals surface area contributed by atoms with E-state index in [0.717, 1.165) is 6.92 Å². The molecule has 0 heterocycles. The van der Waals surface area contributed by atoms with Crippen LogP contribution in [0.25, 0.3) is 0 Å². The van der Waals surface area contributed by atoms with Crippen LogP contribution in [0.1, 0.15) is 72.3 Å². The molecule has 0 aromatic heterocycles. The predicted molar refractivity (Wildman–Crippen MR) is 82.1 cm³/mol. The molecule has 0 radical (unpaired) electrons. The Bertz CT molecular complexity index is 1020. The third-order valence-electron chi connectivity index (χ3n) is 5.66. The Kier molecular flexibility index (Phi) is 1.42. The highest BCUT2D eigenvalue weighted by Crippen LogP contribution is 2.63. The van der Waals surface area contributed by atoms with Gasteiger partial charge in [-0.15, -0.1) is 0 Å². The number of rotatable bonds is 0. The van der Waals surface area contributed by atoms with Gasteiger partial charge in [0, 0.05) is 42.8 Å². The second-order valence-corrected chi connectivity index (χ2v) is 6.89. The highest BCUT2D eigenvalue weighted by molar-refractivity contribution is 5.96. The summed E-state index contributed by atoms with van der Waals surface area (Å²) in [6.45, 7) is 2.38. The number of ketones is 3. The quantitative estimate of drug-likeness (QED) is 0.690. The van der Waals surface area contributed by atoms with Crippen LogP contribution in [0, 0.1) is 28.6 Å². The Labute approximate surface area is 145 Å². The van der Waals surface area contributed by atoms with E-state index in [1.807, 2.05) is 0 Å². The molecule has 3 fully saturated rings. The van der Waals surface area contributed by atoms with E-state index in [-0.39, 0.29) is 0 Å². The van der Waals surface area contributed by atoms with Gasteiger partial charge < -0.3 is 0 Å². The zero-order chi connectivity index (χ0) is 24.7. The summed E-state index contributed by atoms with van der Waals surface area (Å²) in [5.74, 6) is -8.71. The molecule has 0 N–H and O–H groups in total. The molecule has 4 aliphatic rings. The van der Waals surface area contributed by atoms with Crippen LogP contribution in [0.5, 0.6) is 0 Å². The van der Waals surface area contributed by atoms with E-state index in [9.17, 15) is 15.8 Å². The summed E-state index contributed by atoms with van der Waals surface area (Å²) in [5, 5.41) is 0. The maximum Gasteiger partial charge on any atom is 0.155 e. The first-order chi connectivity index (χ1) is 14.1. The van der Waals surface area contributed by atoms with E-state index in [2.05, 4.69) is 0 Å². The molecule has 22 heavy (non-hydrogen) atoms. The van der Waals surface area contributed by atoms with Gasteiger partial charge in [0.15, 0.2) is 5.78 Å². The highest BCUT2D eigenvalue weighted by atomic mass is 16.1. The van der Waals surface area contributed by atoms with E-state index in [1.54, 1.807) is 0 Å². The first kappa shape index (κ1) is 7.11. The minimum Gasteiger partial charge on any atom is -0.299 e. The summed E-state index contributed by atoms with van der Waals surface area (Å²) in [5.41, 5.74) is -4.65. The zero-order valence-corrected chi connectivity index (χ0v) is 12.5. The number of hydrogen-bond donors (Lipinski definition) is 0. The molecule has 4 rings (SSSR count). The largest absolute Gasteiger partial charge is 0.299 e. The van der Waals surface area contributed by atoms with Gasteiger partial charge in [0.1, 0.15) is 11.6 Å². The smallest absolute Gasteiger partial charge is 0.155 e. The van der Waals surface area contributed by atoms with Gasteiger partial charge >= 0.3 is 0 Å². The fraction of sp³-hybridized carbons (Fsp3) is 0.737. The highest BCUT2D eigenvalue weighted by Gasteiger charge is 2.62. The van der Waals surface area contributed by atoms with Crippen molar-refractivity contribution in [2.24, 2.45) is 28.6 Å². The zero-order valence-electron chi connectivity index (χ0n) is 22.5. The molecule has 0 amide bonds. The number of fused-ring (bicyclic) bond motifs is 5. The third kappa shape index (κ3) is 1.65. The van der Waals surface area contributed by atoms with Gasteiger partial charge in [-0.05, 0) is 48.9 Å². The third-order valence-corrected chi connectivity index (χ3v) is 5.66. The lowest BCUT2D eigenvalue weighted by Gasteiger charge is -2.55. The Morgan fingerprint density at radius 1 is 1.18 bits per heavy atom. The van der Waals surface area contributed by atoms with Crippen molar-refractivity contribution < 1.29 is 28.1 Å². The van der Waals surface area contributed by atoms with Crippen molar-refractivity contribution in [2.45, 2.75) is 58.6 Å². The van der Waals surface area contributed by atoms with Crippen LogP contribution in [0.2, 0.25) is 0 Å². The molecular formula is C19H24O3. The van der Waals surface area contributed by atoms with Crippen LogP contribution in [0.4, 0.5) is 0 Å². The lowest BCUT2D eigenvalue weighted by atomic mass is 9.47. The number of allylic oxidation sites excluding steroid dienone is 1. The summed E-state index contributed by atoms with van der Waals surface area (Å²) >= 11 is 0. The molecular weight excluding hydrogens is 276 g/mol. The van der Waals surface area contributed by atoms with E-state index >= 15 is 0 Å². The van der Waals surface area contributed by atoms with E-state index < -0.39 is 102 Å². The fourth-order valence-corrected chi connectivity index (χ4v) is 4.35.